The molecule has 0 unspecified atom stereocenters. The zero-order valence-corrected chi connectivity index (χ0v) is 13.7. The summed E-state index contributed by atoms with van der Waals surface area (Å²) in [4.78, 5) is 12.7. The Hall–Kier alpha value is -1.90. The van der Waals surface area contributed by atoms with Gasteiger partial charge >= 0.3 is 0 Å². The summed E-state index contributed by atoms with van der Waals surface area (Å²) in [5.74, 6) is -0.607. The van der Waals surface area contributed by atoms with Crippen LogP contribution in [0.1, 0.15) is 9.67 Å². The summed E-state index contributed by atoms with van der Waals surface area (Å²) in [6.07, 6.45) is 0. The van der Waals surface area contributed by atoms with E-state index in [2.05, 4.69) is 10.5 Å². The molecule has 2 heterocycles. The third kappa shape index (κ3) is 2.39. The molecule has 0 spiro atoms. The minimum absolute atomic E-state index is 0.356. The summed E-state index contributed by atoms with van der Waals surface area (Å²) in [6.45, 7) is 0. The van der Waals surface area contributed by atoms with E-state index < -0.39 is 20.9 Å². The van der Waals surface area contributed by atoms with Gasteiger partial charge in [0.2, 0.25) is 10.8 Å². The van der Waals surface area contributed by atoms with Gasteiger partial charge in [-0.25, -0.2) is 0 Å². The van der Waals surface area contributed by atoms with Gasteiger partial charge in [0.15, 0.2) is 0 Å². The Balaban J connectivity index is 2.00. The van der Waals surface area contributed by atoms with Gasteiger partial charge in [-0.1, -0.05) is 11.6 Å². The lowest BCUT2D eigenvalue weighted by Gasteiger charge is -2.24. The molecule has 0 bridgehead atoms. The van der Waals surface area contributed by atoms with Crippen molar-refractivity contribution in [2.75, 3.05) is 16.8 Å². The van der Waals surface area contributed by atoms with Gasteiger partial charge < -0.3 is 0 Å². The molecule has 9 heteroatoms. The average Bonchev–Trinajstić information content (AvgIpc) is 2.96. The van der Waals surface area contributed by atoms with E-state index in [4.69, 9.17) is 11.6 Å². The molecule has 0 atom stereocenters. The summed E-state index contributed by atoms with van der Waals surface area (Å²) in [5, 5.41) is 5.48. The number of sulfonamides is 1. The van der Waals surface area contributed by atoms with Gasteiger partial charge in [-0.2, -0.15) is 13.5 Å². The number of nitrogens with one attached hydrogen (secondary N) is 1. The van der Waals surface area contributed by atoms with Crippen molar-refractivity contribution in [3.05, 3.63) is 45.6 Å². The second-order valence-corrected chi connectivity index (χ2v) is 7.71. The number of hydrogen-bond donors (Lipinski definition) is 1. The summed E-state index contributed by atoms with van der Waals surface area (Å²) < 4.78 is 25.8. The van der Waals surface area contributed by atoms with Crippen molar-refractivity contribution in [1.82, 2.24) is 0 Å². The molecule has 1 aliphatic rings. The number of hydrazone groups is 1. The Morgan fingerprint density at radius 2 is 1.91 bits per heavy atom. The highest BCUT2D eigenvalue weighted by atomic mass is 35.5. The molecule has 0 aliphatic carbocycles. The van der Waals surface area contributed by atoms with Crippen LogP contribution in [0.4, 0.5) is 11.4 Å². The monoisotopic (exact) mass is 355 g/mol. The van der Waals surface area contributed by atoms with E-state index in [-0.39, 0.29) is 0 Å². The average molecular weight is 356 g/mol. The van der Waals surface area contributed by atoms with Crippen molar-refractivity contribution in [1.29, 1.82) is 0 Å². The van der Waals surface area contributed by atoms with Crippen LogP contribution in [-0.2, 0) is 10.0 Å². The van der Waals surface area contributed by atoms with E-state index in [9.17, 15) is 13.2 Å². The standard InChI is InChI=1S/C13H10ClN3O3S2/c1-17-10-6-7-21-12(10)11(18)13(22(17,19)20)16-15-9-4-2-8(14)3-5-9/h2-7,15H,1H3/b16-13+. The maximum absolute atomic E-state index is 12.4. The zero-order valence-electron chi connectivity index (χ0n) is 11.3. The Kier molecular flexibility index (Phi) is 3.67. The van der Waals surface area contributed by atoms with Gasteiger partial charge in [-0.3, -0.25) is 14.5 Å². The number of carbonyl (C=O) groups is 1. The van der Waals surface area contributed by atoms with Crippen molar-refractivity contribution in [2.45, 2.75) is 0 Å². The van der Waals surface area contributed by atoms with Crippen molar-refractivity contribution in [2.24, 2.45) is 5.10 Å². The van der Waals surface area contributed by atoms with Crippen LogP contribution in [0.25, 0.3) is 0 Å². The van der Waals surface area contributed by atoms with Crippen molar-refractivity contribution >= 4 is 55.2 Å². The number of thiophene rings is 1. The quantitative estimate of drug-likeness (QED) is 0.840. The predicted molar refractivity (Wildman–Crippen MR) is 88.5 cm³/mol. The van der Waals surface area contributed by atoms with Crippen LogP contribution in [0.15, 0.2) is 40.8 Å². The summed E-state index contributed by atoms with van der Waals surface area (Å²) >= 11 is 6.96. The number of Topliss-reactive ketones (excluding diaryl/α,β-unsaturated/α-hetero) is 1. The molecule has 6 nitrogen and oxygen atoms in total. The fourth-order valence-electron chi connectivity index (χ4n) is 1.94. The highest BCUT2D eigenvalue weighted by molar-refractivity contribution is 8.09. The number of hydrogen-bond acceptors (Lipinski definition) is 6. The van der Waals surface area contributed by atoms with Gasteiger partial charge in [-0.05, 0) is 35.7 Å². The number of rotatable bonds is 2. The molecule has 0 radical (unpaired) electrons. The smallest absolute Gasteiger partial charge is 0.285 e. The van der Waals surface area contributed by atoms with Crippen molar-refractivity contribution in [3.63, 3.8) is 0 Å². The number of nitrogens with zero attached hydrogens (tertiary/aromatic N) is 2. The summed E-state index contributed by atoms with van der Waals surface area (Å²) in [7, 11) is -2.57. The van der Waals surface area contributed by atoms with Crippen molar-refractivity contribution in [3.8, 4) is 0 Å². The first-order chi connectivity index (χ1) is 10.4. The summed E-state index contributed by atoms with van der Waals surface area (Å²) in [5.41, 5.74) is 3.48. The molecule has 2 aromatic rings. The van der Waals surface area contributed by atoms with Crippen molar-refractivity contribution < 1.29 is 13.2 Å². The van der Waals surface area contributed by atoms with Crippen LogP contribution in [-0.4, -0.2) is 26.3 Å². The highest BCUT2D eigenvalue weighted by Gasteiger charge is 2.41. The molecule has 1 aromatic heterocycles. The number of ketones is 1. The Labute approximate surface area is 136 Å². The van der Waals surface area contributed by atoms with E-state index in [0.717, 1.165) is 4.31 Å². The molecule has 3 rings (SSSR count). The molecule has 0 saturated heterocycles. The second-order valence-electron chi connectivity index (χ2n) is 4.47. The third-order valence-electron chi connectivity index (χ3n) is 3.12. The normalized spacial score (nSPS) is 18.4. The van der Waals surface area contributed by atoms with E-state index >= 15 is 0 Å². The van der Waals surface area contributed by atoms with Crippen LogP contribution in [0, 0.1) is 0 Å². The number of fused-ring (bicyclic) bond motifs is 1. The fourth-order valence-corrected chi connectivity index (χ4v) is 4.22. The minimum atomic E-state index is -3.96. The van der Waals surface area contributed by atoms with Crippen LogP contribution >= 0.6 is 22.9 Å². The van der Waals surface area contributed by atoms with E-state index in [0.29, 0.717) is 21.3 Å². The SMILES string of the molecule is CN1c2ccsc2C(=O)/C(=N\Nc2ccc(Cl)cc2)S1(=O)=O. The first-order valence-corrected chi connectivity index (χ1v) is 8.81. The molecule has 0 saturated carbocycles. The molecule has 0 amide bonds. The lowest BCUT2D eigenvalue weighted by molar-refractivity contribution is 0.107. The van der Waals surface area contributed by atoms with Crippen LogP contribution < -0.4 is 9.73 Å². The van der Waals surface area contributed by atoms with E-state index in [1.54, 1.807) is 35.7 Å². The molecule has 0 fully saturated rings. The fraction of sp³-hybridized carbons (Fsp3) is 0.0769. The number of carbonyl (C=O) groups excluding carboxylic acids is 1. The lowest BCUT2D eigenvalue weighted by atomic mass is 10.3. The number of benzene rings is 1. The van der Waals surface area contributed by atoms with Crippen LogP contribution in [0.2, 0.25) is 5.02 Å². The second kappa shape index (κ2) is 5.38. The molecule has 1 aromatic carbocycles. The Morgan fingerprint density at radius 3 is 2.59 bits per heavy atom. The molecular weight excluding hydrogens is 346 g/mol. The number of anilines is 2. The topological polar surface area (TPSA) is 78.8 Å². The Bertz CT molecular complexity index is 872. The molecule has 114 valence electrons. The predicted octanol–water partition coefficient (Wildman–Crippen LogP) is 2.79. The Morgan fingerprint density at radius 1 is 1.23 bits per heavy atom. The molecule has 1 N–H and O–H groups in total. The molecule has 22 heavy (non-hydrogen) atoms. The first kappa shape index (κ1) is 15.0. The summed E-state index contributed by atoms with van der Waals surface area (Å²) in [6, 6.07) is 8.12. The lowest BCUT2D eigenvalue weighted by Crippen LogP contribution is -2.42. The molecule has 1 aliphatic heterocycles. The van der Waals surface area contributed by atoms with Crippen LogP contribution in [0.5, 0.6) is 0 Å². The maximum Gasteiger partial charge on any atom is 0.287 e. The van der Waals surface area contributed by atoms with Gasteiger partial charge in [0.1, 0.15) is 4.88 Å². The highest BCUT2D eigenvalue weighted by Crippen LogP contribution is 2.33. The minimum Gasteiger partial charge on any atom is -0.285 e. The van der Waals surface area contributed by atoms with E-state index in [1.807, 2.05) is 0 Å². The molecular formula is C13H10ClN3O3S2. The van der Waals surface area contributed by atoms with Crippen LogP contribution in [0.3, 0.4) is 0 Å². The number of halogens is 1. The van der Waals surface area contributed by atoms with Gasteiger partial charge in [0, 0.05) is 12.1 Å². The third-order valence-corrected chi connectivity index (χ3v) is 5.96. The zero-order chi connectivity index (χ0) is 15.9. The van der Waals surface area contributed by atoms with Gasteiger partial charge in [0.05, 0.1) is 11.4 Å². The van der Waals surface area contributed by atoms with Gasteiger partial charge in [0.25, 0.3) is 10.0 Å². The maximum atomic E-state index is 12.4. The first-order valence-electron chi connectivity index (χ1n) is 6.11. The van der Waals surface area contributed by atoms with E-state index in [1.165, 1.54) is 18.4 Å². The largest absolute Gasteiger partial charge is 0.287 e. The van der Waals surface area contributed by atoms with Gasteiger partial charge in [-0.15, -0.1) is 11.3 Å².